The van der Waals surface area contributed by atoms with E-state index in [2.05, 4.69) is 5.32 Å². The van der Waals surface area contributed by atoms with Gasteiger partial charge in [-0.05, 0) is 0 Å². The van der Waals surface area contributed by atoms with Gasteiger partial charge in [0, 0.05) is 12.2 Å². The van der Waals surface area contributed by atoms with Crippen molar-refractivity contribution in [3.05, 3.63) is 0 Å². The molecule has 0 radical (unpaired) electrons. The van der Waals surface area contributed by atoms with Crippen molar-refractivity contribution in [1.29, 1.82) is 0 Å². The first-order chi connectivity index (χ1) is 5.27. The van der Waals surface area contributed by atoms with Gasteiger partial charge in [0.1, 0.15) is 12.8 Å². The fourth-order valence-corrected chi connectivity index (χ4v) is 1.37. The number of carbonyl (C=O) groups is 1. The van der Waals surface area contributed by atoms with Gasteiger partial charge in [0.05, 0.1) is 6.61 Å². The summed E-state index contributed by atoms with van der Waals surface area (Å²) in [5, 5.41) is 3.02. The first kappa shape index (κ1) is 9.24. The summed E-state index contributed by atoms with van der Waals surface area (Å²) in [5.41, 5.74) is 0. The smallest absolute Gasteiger partial charge is 0.351 e. The Kier molecular flexibility index (Phi) is 2.51. The zero-order valence-electron chi connectivity index (χ0n) is 6.45. The summed E-state index contributed by atoms with van der Waals surface area (Å²) in [4.78, 5) is 11.0. The summed E-state index contributed by atoms with van der Waals surface area (Å²) in [7, 11) is 0. The summed E-state index contributed by atoms with van der Waals surface area (Å²) in [5.74, 6) is -0.161. The number of fused-ring (bicyclic) bond motifs is 1. The molecule has 0 saturated heterocycles. The van der Waals surface area contributed by atoms with Gasteiger partial charge in [0.15, 0.2) is 0 Å². The number of hydrogen-bond acceptors (Lipinski definition) is 4. The predicted octanol–water partition coefficient (Wildman–Crippen LogP) is -0.955. The lowest BCUT2D eigenvalue weighted by Crippen LogP contribution is -2.55. The standard InChI is InChI=1S/C6H6N2O2S.H3N/c9-5-4-3-8(1-2-10-4)6(11)7-5;/h3-4H,1-2H2;1H3/p+1. The van der Waals surface area contributed by atoms with Crippen molar-refractivity contribution in [2.75, 3.05) is 13.2 Å². The molecule has 2 aliphatic rings. The third-order valence-corrected chi connectivity index (χ3v) is 2.03. The molecule has 2 rings (SSSR count). The van der Waals surface area contributed by atoms with E-state index in [4.69, 9.17) is 17.0 Å². The largest absolute Gasteiger partial charge is 0.355 e. The second-order valence-corrected chi connectivity index (χ2v) is 2.81. The lowest BCUT2D eigenvalue weighted by Gasteiger charge is -2.21. The molecule has 1 atom stereocenters. The summed E-state index contributed by atoms with van der Waals surface area (Å²) in [6, 6.07) is 0. The van der Waals surface area contributed by atoms with Gasteiger partial charge in [-0.2, -0.15) is 5.32 Å². The Morgan fingerprint density at radius 3 is 3.25 bits per heavy atom. The Labute approximate surface area is 75.0 Å². The van der Waals surface area contributed by atoms with Crippen molar-refractivity contribution in [3.8, 4) is 0 Å². The number of ether oxygens (including phenoxy) is 1. The van der Waals surface area contributed by atoms with E-state index in [-0.39, 0.29) is 12.1 Å². The molecule has 0 saturated carbocycles. The van der Waals surface area contributed by atoms with Crippen molar-refractivity contribution >= 4 is 29.5 Å². The molecular formula is C6H10N3O2S+. The van der Waals surface area contributed by atoms with E-state index < -0.39 is 6.10 Å². The molecule has 2 bridgehead atoms. The predicted molar refractivity (Wildman–Crippen MR) is 46.7 cm³/mol. The van der Waals surface area contributed by atoms with Gasteiger partial charge in [-0.25, -0.2) is 9.37 Å². The maximum absolute atomic E-state index is 11.0. The lowest BCUT2D eigenvalue weighted by molar-refractivity contribution is -0.425. The van der Waals surface area contributed by atoms with Crippen LogP contribution in [0.2, 0.25) is 0 Å². The third-order valence-electron chi connectivity index (χ3n) is 1.69. The van der Waals surface area contributed by atoms with E-state index in [0.29, 0.717) is 11.7 Å². The van der Waals surface area contributed by atoms with Crippen molar-refractivity contribution in [2.24, 2.45) is 0 Å². The van der Waals surface area contributed by atoms with E-state index in [0.717, 1.165) is 6.54 Å². The highest BCUT2D eigenvalue weighted by molar-refractivity contribution is 7.80. The molecule has 0 spiro atoms. The monoisotopic (exact) mass is 188 g/mol. The first-order valence-electron chi connectivity index (χ1n) is 3.35. The Bertz CT molecular complexity index is 264. The Morgan fingerprint density at radius 1 is 1.75 bits per heavy atom. The third kappa shape index (κ3) is 1.36. The van der Waals surface area contributed by atoms with Crippen molar-refractivity contribution in [3.63, 3.8) is 0 Å². The molecule has 1 amide bonds. The normalized spacial score (nSPS) is 27.0. The minimum atomic E-state index is -0.435. The van der Waals surface area contributed by atoms with Crippen LogP contribution in [0.15, 0.2) is 0 Å². The lowest BCUT2D eigenvalue weighted by atomic mass is 10.3. The molecule has 0 aromatic carbocycles. The van der Waals surface area contributed by atoms with Gasteiger partial charge in [-0.1, -0.05) is 0 Å². The number of nitrogens with zero attached hydrogens (tertiary/aromatic N) is 1. The van der Waals surface area contributed by atoms with Crippen LogP contribution in [-0.2, 0) is 9.53 Å². The SMILES string of the molecule is N.O=C1NC(=S)[N+]2=CC1OCC2. The number of hydrogen-bond donors (Lipinski definition) is 2. The van der Waals surface area contributed by atoms with E-state index in [1.807, 2.05) is 4.58 Å². The van der Waals surface area contributed by atoms with Crippen LogP contribution in [0.5, 0.6) is 0 Å². The fourth-order valence-electron chi connectivity index (χ4n) is 1.12. The molecule has 66 valence electrons. The van der Waals surface area contributed by atoms with Crippen LogP contribution in [0, 0.1) is 0 Å². The van der Waals surface area contributed by atoms with Crippen LogP contribution in [0.1, 0.15) is 0 Å². The quantitative estimate of drug-likeness (QED) is 0.379. The van der Waals surface area contributed by atoms with Gasteiger partial charge >= 0.3 is 11.0 Å². The molecular weight excluding hydrogens is 178 g/mol. The van der Waals surface area contributed by atoms with Crippen LogP contribution in [0.25, 0.3) is 0 Å². The highest BCUT2D eigenvalue weighted by Crippen LogP contribution is 2.01. The summed E-state index contributed by atoms with van der Waals surface area (Å²) in [6.07, 6.45) is 1.28. The molecule has 0 aromatic rings. The maximum Gasteiger partial charge on any atom is 0.351 e. The zero-order valence-corrected chi connectivity index (χ0v) is 7.26. The molecule has 0 aromatic heterocycles. The van der Waals surface area contributed by atoms with Crippen LogP contribution < -0.4 is 11.5 Å². The Morgan fingerprint density at radius 2 is 2.50 bits per heavy atom. The van der Waals surface area contributed by atoms with Gasteiger partial charge < -0.3 is 10.9 Å². The highest BCUT2D eigenvalue weighted by atomic mass is 32.1. The fraction of sp³-hybridized carbons (Fsp3) is 0.500. The van der Waals surface area contributed by atoms with Gasteiger partial charge in [-0.3, -0.25) is 0 Å². The minimum Gasteiger partial charge on any atom is -0.355 e. The van der Waals surface area contributed by atoms with E-state index in [1.165, 1.54) is 0 Å². The average Bonchev–Trinajstić information content (AvgIpc) is 2.02. The molecule has 2 aliphatic heterocycles. The number of amides is 1. The van der Waals surface area contributed by atoms with Gasteiger partial charge in [-0.15, -0.1) is 0 Å². The van der Waals surface area contributed by atoms with Crippen LogP contribution in [0.3, 0.4) is 0 Å². The Balaban J connectivity index is 0.000000720. The van der Waals surface area contributed by atoms with E-state index in [1.54, 1.807) is 6.21 Å². The zero-order chi connectivity index (χ0) is 7.84. The maximum atomic E-state index is 11.0. The number of rotatable bonds is 0. The van der Waals surface area contributed by atoms with Crippen LogP contribution in [0.4, 0.5) is 0 Å². The molecule has 0 aliphatic carbocycles. The summed E-state index contributed by atoms with van der Waals surface area (Å²) >= 11 is 4.90. The summed E-state index contributed by atoms with van der Waals surface area (Å²) in [6.45, 7) is 1.30. The topological polar surface area (TPSA) is 76.3 Å². The molecule has 12 heavy (non-hydrogen) atoms. The first-order valence-corrected chi connectivity index (χ1v) is 3.76. The van der Waals surface area contributed by atoms with Crippen molar-refractivity contribution < 1.29 is 14.1 Å². The second kappa shape index (κ2) is 3.26. The van der Waals surface area contributed by atoms with Gasteiger partial charge in [0.25, 0.3) is 0 Å². The minimum absolute atomic E-state index is 0. The average molecular weight is 188 g/mol. The molecule has 5 nitrogen and oxygen atoms in total. The van der Waals surface area contributed by atoms with E-state index in [9.17, 15) is 4.79 Å². The number of carbonyl (C=O) groups excluding carboxylic acids is 1. The summed E-state index contributed by atoms with van der Waals surface area (Å²) < 4.78 is 6.96. The molecule has 2 heterocycles. The molecule has 1 unspecified atom stereocenters. The molecule has 6 heteroatoms. The molecule has 0 fully saturated rings. The van der Waals surface area contributed by atoms with Crippen molar-refractivity contribution in [1.82, 2.24) is 11.5 Å². The highest BCUT2D eigenvalue weighted by Gasteiger charge is 2.35. The Hall–Kier alpha value is -0.850. The second-order valence-electron chi connectivity index (χ2n) is 2.43. The van der Waals surface area contributed by atoms with E-state index >= 15 is 0 Å². The number of nitrogens with one attached hydrogen (secondary N) is 1. The molecule has 4 N–H and O–H groups in total. The van der Waals surface area contributed by atoms with Gasteiger partial charge in [0.2, 0.25) is 6.10 Å². The number of thiocarbonyl (C=S) groups is 1. The van der Waals surface area contributed by atoms with Crippen LogP contribution in [-0.4, -0.2) is 41.1 Å². The van der Waals surface area contributed by atoms with Crippen molar-refractivity contribution in [2.45, 2.75) is 6.10 Å². The van der Waals surface area contributed by atoms with Crippen LogP contribution >= 0.6 is 12.2 Å².